The van der Waals surface area contributed by atoms with Gasteiger partial charge >= 0.3 is 0 Å². The Balaban J connectivity index is 0.00000392. The van der Waals surface area contributed by atoms with Gasteiger partial charge in [0.25, 0.3) is 0 Å². The summed E-state index contributed by atoms with van der Waals surface area (Å²) in [7, 11) is 2.42. The van der Waals surface area contributed by atoms with E-state index in [0.29, 0.717) is 23.9 Å². The largest absolute Gasteiger partial charge is 0.363 e. The predicted octanol–water partition coefficient (Wildman–Crippen LogP) is 2.34. The molecule has 0 bridgehead atoms. The van der Waals surface area contributed by atoms with Gasteiger partial charge in [0.1, 0.15) is 5.82 Å². The van der Waals surface area contributed by atoms with Crippen LogP contribution < -0.4 is 15.5 Å². The summed E-state index contributed by atoms with van der Waals surface area (Å²) in [4.78, 5) is 10.9. The number of rotatable bonds is 6. The highest BCUT2D eigenvalue weighted by atomic mass is 127. The molecule has 154 valence electrons. The SMILES string of the molecule is CN=C(NCc1ccnc(N(C)C)c1)NCc1ccc(S(C)(=O)=O)c(C)c1.I. The normalized spacial score (nSPS) is 11.5. The minimum absolute atomic E-state index is 0. The highest BCUT2D eigenvalue weighted by Crippen LogP contribution is 2.16. The number of benzene rings is 1. The third-order valence-corrected chi connectivity index (χ3v) is 5.31. The van der Waals surface area contributed by atoms with Gasteiger partial charge in [-0.1, -0.05) is 12.1 Å². The number of anilines is 1. The Bertz CT molecular complexity index is 930. The fourth-order valence-corrected chi connectivity index (χ4v) is 3.60. The predicted molar refractivity (Wildman–Crippen MR) is 125 cm³/mol. The molecule has 7 nitrogen and oxygen atoms in total. The molecular formula is C19H28IN5O2S. The number of guanidine groups is 1. The molecule has 0 aliphatic heterocycles. The van der Waals surface area contributed by atoms with E-state index < -0.39 is 9.84 Å². The molecule has 2 N–H and O–H groups in total. The van der Waals surface area contributed by atoms with Crippen LogP contribution in [0.4, 0.5) is 5.82 Å². The highest BCUT2D eigenvalue weighted by Gasteiger charge is 2.11. The average Bonchev–Trinajstić information content (AvgIpc) is 2.61. The van der Waals surface area contributed by atoms with Crippen LogP contribution in [0.5, 0.6) is 0 Å². The van der Waals surface area contributed by atoms with E-state index in [2.05, 4.69) is 20.6 Å². The molecule has 0 saturated heterocycles. The van der Waals surface area contributed by atoms with Crippen molar-refractivity contribution in [3.63, 3.8) is 0 Å². The van der Waals surface area contributed by atoms with Gasteiger partial charge in [-0.05, 0) is 41.8 Å². The van der Waals surface area contributed by atoms with Crippen LogP contribution in [0.25, 0.3) is 0 Å². The number of aromatic nitrogens is 1. The summed E-state index contributed by atoms with van der Waals surface area (Å²) in [6.07, 6.45) is 3.01. The summed E-state index contributed by atoms with van der Waals surface area (Å²) >= 11 is 0. The number of sulfone groups is 1. The Labute approximate surface area is 184 Å². The van der Waals surface area contributed by atoms with E-state index in [0.717, 1.165) is 22.5 Å². The maximum Gasteiger partial charge on any atom is 0.191 e. The minimum atomic E-state index is -3.20. The molecule has 0 aliphatic rings. The van der Waals surface area contributed by atoms with E-state index in [-0.39, 0.29) is 24.0 Å². The molecule has 0 radical (unpaired) electrons. The van der Waals surface area contributed by atoms with E-state index in [1.54, 1.807) is 26.2 Å². The molecular weight excluding hydrogens is 489 g/mol. The number of pyridine rings is 1. The topological polar surface area (TPSA) is 86.7 Å². The van der Waals surface area contributed by atoms with Gasteiger partial charge in [-0.15, -0.1) is 24.0 Å². The van der Waals surface area contributed by atoms with Gasteiger partial charge in [0, 0.05) is 46.7 Å². The molecule has 1 aromatic carbocycles. The van der Waals surface area contributed by atoms with Crippen LogP contribution in [0.2, 0.25) is 0 Å². The first-order valence-electron chi connectivity index (χ1n) is 8.57. The van der Waals surface area contributed by atoms with Crippen molar-refractivity contribution in [3.8, 4) is 0 Å². The van der Waals surface area contributed by atoms with Gasteiger partial charge in [0.05, 0.1) is 4.90 Å². The van der Waals surface area contributed by atoms with Crippen molar-refractivity contribution in [3.05, 3.63) is 53.2 Å². The van der Waals surface area contributed by atoms with Gasteiger partial charge in [0.2, 0.25) is 0 Å². The zero-order chi connectivity index (χ0) is 20.0. The van der Waals surface area contributed by atoms with Crippen molar-refractivity contribution in [1.82, 2.24) is 15.6 Å². The molecule has 1 heterocycles. The molecule has 0 fully saturated rings. The summed E-state index contributed by atoms with van der Waals surface area (Å²) in [5.41, 5.74) is 2.83. The molecule has 1 aromatic heterocycles. The summed E-state index contributed by atoms with van der Waals surface area (Å²) in [6.45, 7) is 2.97. The number of halogens is 1. The van der Waals surface area contributed by atoms with Crippen molar-refractivity contribution in [1.29, 1.82) is 0 Å². The maximum absolute atomic E-state index is 11.7. The van der Waals surface area contributed by atoms with Crippen molar-refractivity contribution in [2.75, 3.05) is 32.3 Å². The average molecular weight is 517 g/mol. The first kappa shape index (κ1) is 24.2. The molecule has 0 spiro atoms. The van der Waals surface area contributed by atoms with Gasteiger partial charge in [-0.3, -0.25) is 4.99 Å². The first-order valence-corrected chi connectivity index (χ1v) is 10.5. The molecule has 0 unspecified atom stereocenters. The second kappa shape index (κ2) is 10.6. The molecule has 9 heteroatoms. The highest BCUT2D eigenvalue weighted by molar-refractivity contribution is 14.0. The molecule has 0 aliphatic carbocycles. The number of nitrogens with zero attached hydrogens (tertiary/aromatic N) is 3. The van der Waals surface area contributed by atoms with Crippen LogP contribution in [0.3, 0.4) is 0 Å². The lowest BCUT2D eigenvalue weighted by Crippen LogP contribution is -2.36. The Morgan fingerprint density at radius 1 is 1.11 bits per heavy atom. The van der Waals surface area contributed by atoms with E-state index in [1.807, 2.05) is 43.3 Å². The lowest BCUT2D eigenvalue weighted by molar-refractivity contribution is 0.601. The molecule has 0 saturated carbocycles. The van der Waals surface area contributed by atoms with Gasteiger partial charge in [-0.2, -0.15) is 0 Å². The zero-order valence-electron chi connectivity index (χ0n) is 16.9. The fraction of sp³-hybridized carbons (Fsp3) is 0.368. The number of hydrogen-bond donors (Lipinski definition) is 2. The van der Waals surface area contributed by atoms with Crippen LogP contribution in [-0.2, 0) is 22.9 Å². The Hall–Kier alpha value is -1.88. The van der Waals surface area contributed by atoms with E-state index in [1.165, 1.54) is 6.26 Å². The van der Waals surface area contributed by atoms with Crippen LogP contribution in [-0.4, -0.2) is 46.8 Å². The third kappa shape index (κ3) is 6.93. The zero-order valence-corrected chi connectivity index (χ0v) is 20.0. The summed E-state index contributed by atoms with van der Waals surface area (Å²) in [5, 5.41) is 6.51. The first-order chi connectivity index (χ1) is 12.7. The number of hydrogen-bond acceptors (Lipinski definition) is 5. The van der Waals surface area contributed by atoms with Gasteiger partial charge in [-0.25, -0.2) is 13.4 Å². The Morgan fingerprint density at radius 2 is 1.71 bits per heavy atom. The van der Waals surface area contributed by atoms with Gasteiger partial charge in [0.15, 0.2) is 15.8 Å². The number of aryl methyl sites for hydroxylation is 1. The smallest absolute Gasteiger partial charge is 0.191 e. The summed E-state index contributed by atoms with van der Waals surface area (Å²) in [6, 6.07) is 9.32. The van der Waals surface area contributed by atoms with Crippen molar-refractivity contribution in [2.45, 2.75) is 24.9 Å². The Morgan fingerprint density at radius 3 is 2.21 bits per heavy atom. The summed E-state index contributed by atoms with van der Waals surface area (Å²) in [5.74, 6) is 1.57. The van der Waals surface area contributed by atoms with E-state index >= 15 is 0 Å². The van der Waals surface area contributed by atoms with Crippen molar-refractivity contribution < 1.29 is 8.42 Å². The number of aliphatic imine (C=N–C) groups is 1. The minimum Gasteiger partial charge on any atom is -0.363 e. The summed E-state index contributed by atoms with van der Waals surface area (Å²) < 4.78 is 23.4. The quantitative estimate of drug-likeness (QED) is 0.348. The lowest BCUT2D eigenvalue weighted by atomic mass is 10.1. The Kier molecular flexibility index (Phi) is 9.15. The second-order valence-electron chi connectivity index (χ2n) is 6.57. The molecule has 28 heavy (non-hydrogen) atoms. The monoisotopic (exact) mass is 517 g/mol. The van der Waals surface area contributed by atoms with Gasteiger partial charge < -0.3 is 15.5 Å². The van der Waals surface area contributed by atoms with Crippen molar-refractivity contribution >= 4 is 45.6 Å². The molecule has 2 aromatic rings. The van der Waals surface area contributed by atoms with Crippen LogP contribution in [0, 0.1) is 6.92 Å². The molecule has 2 rings (SSSR count). The second-order valence-corrected chi connectivity index (χ2v) is 8.55. The van der Waals surface area contributed by atoms with E-state index in [9.17, 15) is 8.42 Å². The molecule has 0 amide bonds. The van der Waals surface area contributed by atoms with Crippen LogP contribution in [0.1, 0.15) is 16.7 Å². The fourth-order valence-electron chi connectivity index (χ4n) is 2.64. The third-order valence-electron chi connectivity index (χ3n) is 4.05. The lowest BCUT2D eigenvalue weighted by Gasteiger charge is -2.15. The maximum atomic E-state index is 11.7. The number of nitrogens with one attached hydrogen (secondary N) is 2. The van der Waals surface area contributed by atoms with Crippen molar-refractivity contribution in [2.24, 2.45) is 4.99 Å². The standard InChI is InChI=1S/C19H27N5O2S.HI/c1-14-10-15(6-7-17(14)27(5,25)26)12-22-19(20-2)23-13-16-8-9-21-18(11-16)24(3)4;/h6-11H,12-13H2,1-5H3,(H2,20,22,23);1H. The van der Waals surface area contributed by atoms with E-state index in [4.69, 9.17) is 0 Å². The van der Waals surface area contributed by atoms with Crippen LogP contribution >= 0.6 is 24.0 Å². The molecule has 0 atom stereocenters. The van der Waals surface area contributed by atoms with Crippen LogP contribution in [0.15, 0.2) is 46.4 Å².